The van der Waals surface area contributed by atoms with Gasteiger partial charge in [-0.25, -0.2) is 0 Å². The number of nitriles is 1. The van der Waals surface area contributed by atoms with E-state index in [9.17, 15) is 4.79 Å². The molecule has 0 aromatic heterocycles. The molecule has 0 aliphatic carbocycles. The van der Waals surface area contributed by atoms with Crippen LogP contribution in [0.15, 0.2) is 18.2 Å². The Morgan fingerprint density at radius 1 is 1.47 bits per heavy atom. The van der Waals surface area contributed by atoms with Crippen molar-refractivity contribution in [3.63, 3.8) is 0 Å². The average Bonchev–Trinajstić information content (AvgIpc) is 2.64. The molecule has 0 atom stereocenters. The van der Waals surface area contributed by atoms with Crippen molar-refractivity contribution in [1.82, 2.24) is 0 Å². The van der Waals surface area contributed by atoms with Gasteiger partial charge in [0.05, 0.1) is 16.3 Å². The van der Waals surface area contributed by atoms with Gasteiger partial charge in [0.25, 0.3) is 0 Å². The third-order valence-electron chi connectivity index (χ3n) is 2.47. The predicted octanol–water partition coefficient (Wildman–Crippen LogP) is 2.34. The zero-order valence-corrected chi connectivity index (χ0v) is 8.79. The highest BCUT2D eigenvalue weighted by atomic mass is 35.5. The van der Waals surface area contributed by atoms with Crippen LogP contribution in [-0.2, 0) is 4.79 Å². The van der Waals surface area contributed by atoms with Crippen molar-refractivity contribution in [2.45, 2.75) is 12.8 Å². The quantitative estimate of drug-likeness (QED) is 0.729. The van der Waals surface area contributed by atoms with Crippen molar-refractivity contribution in [3.05, 3.63) is 28.8 Å². The van der Waals surface area contributed by atoms with Crippen molar-refractivity contribution in [2.24, 2.45) is 0 Å². The molecular formula is C11H9ClN2O. The summed E-state index contributed by atoms with van der Waals surface area (Å²) >= 11 is 5.90. The third-order valence-corrected chi connectivity index (χ3v) is 2.78. The van der Waals surface area contributed by atoms with Crippen molar-refractivity contribution >= 4 is 23.2 Å². The first kappa shape index (κ1) is 10.0. The SMILES string of the molecule is N#Cc1c(Cl)cccc1N1CCCC1=O. The molecule has 1 heterocycles. The van der Waals surface area contributed by atoms with Gasteiger partial charge in [0.2, 0.25) is 5.91 Å². The van der Waals surface area contributed by atoms with Crippen LogP contribution in [0.5, 0.6) is 0 Å². The van der Waals surface area contributed by atoms with Crippen LogP contribution in [0.3, 0.4) is 0 Å². The summed E-state index contributed by atoms with van der Waals surface area (Å²) in [5, 5.41) is 9.37. The minimum absolute atomic E-state index is 0.0637. The molecule has 0 unspecified atom stereocenters. The molecule has 1 fully saturated rings. The summed E-state index contributed by atoms with van der Waals surface area (Å²) in [5.74, 6) is 0.0637. The number of carbonyl (C=O) groups excluding carboxylic acids is 1. The second-order valence-corrected chi connectivity index (χ2v) is 3.80. The van der Waals surface area contributed by atoms with Crippen molar-refractivity contribution in [1.29, 1.82) is 5.26 Å². The van der Waals surface area contributed by atoms with E-state index in [-0.39, 0.29) is 5.91 Å². The van der Waals surface area contributed by atoms with Gasteiger partial charge in [0.1, 0.15) is 6.07 Å². The van der Waals surface area contributed by atoms with Gasteiger partial charge in [0, 0.05) is 13.0 Å². The number of hydrogen-bond donors (Lipinski definition) is 0. The van der Waals surface area contributed by atoms with Crippen LogP contribution >= 0.6 is 11.6 Å². The van der Waals surface area contributed by atoms with Crippen molar-refractivity contribution in [2.75, 3.05) is 11.4 Å². The second kappa shape index (κ2) is 3.92. The molecule has 0 spiro atoms. The van der Waals surface area contributed by atoms with Crippen LogP contribution in [0.2, 0.25) is 5.02 Å². The van der Waals surface area contributed by atoms with E-state index in [0.717, 1.165) is 6.42 Å². The van der Waals surface area contributed by atoms with Gasteiger partial charge < -0.3 is 4.90 Å². The molecule has 0 N–H and O–H groups in total. The Labute approximate surface area is 92.9 Å². The molecule has 3 nitrogen and oxygen atoms in total. The molecule has 15 heavy (non-hydrogen) atoms. The van der Waals surface area contributed by atoms with Gasteiger partial charge in [-0.15, -0.1) is 0 Å². The normalized spacial score (nSPS) is 15.5. The molecule has 0 bridgehead atoms. The molecule has 76 valence electrons. The van der Waals surface area contributed by atoms with E-state index in [4.69, 9.17) is 16.9 Å². The van der Waals surface area contributed by atoms with Crippen LogP contribution < -0.4 is 4.90 Å². The van der Waals surface area contributed by atoms with Gasteiger partial charge in [0.15, 0.2) is 0 Å². The first-order chi connectivity index (χ1) is 7.24. The summed E-state index contributed by atoms with van der Waals surface area (Å²) in [6, 6.07) is 7.20. The summed E-state index contributed by atoms with van der Waals surface area (Å²) in [6.07, 6.45) is 1.40. The molecule has 1 aliphatic heterocycles. The summed E-state index contributed by atoms with van der Waals surface area (Å²) in [5.41, 5.74) is 1.02. The minimum Gasteiger partial charge on any atom is -0.311 e. The van der Waals surface area contributed by atoms with Crippen molar-refractivity contribution in [3.8, 4) is 6.07 Å². The number of amides is 1. The maximum Gasteiger partial charge on any atom is 0.227 e. The fraction of sp³-hybridized carbons (Fsp3) is 0.273. The first-order valence-corrected chi connectivity index (χ1v) is 5.11. The highest BCUT2D eigenvalue weighted by molar-refractivity contribution is 6.32. The molecule has 1 aliphatic rings. The minimum atomic E-state index is 0.0637. The van der Waals surface area contributed by atoms with Crippen LogP contribution in [0.4, 0.5) is 5.69 Å². The first-order valence-electron chi connectivity index (χ1n) is 4.73. The molecule has 1 amide bonds. The lowest BCUT2D eigenvalue weighted by Crippen LogP contribution is -2.24. The molecule has 4 heteroatoms. The van der Waals surface area contributed by atoms with Gasteiger partial charge in [-0.3, -0.25) is 4.79 Å². The van der Waals surface area contributed by atoms with E-state index in [1.807, 2.05) is 6.07 Å². The molecule has 1 aromatic rings. The number of benzene rings is 1. The fourth-order valence-corrected chi connectivity index (χ4v) is 1.96. The maximum absolute atomic E-state index is 11.5. The Bertz CT molecular complexity index is 450. The van der Waals surface area contributed by atoms with E-state index in [1.54, 1.807) is 23.1 Å². The number of halogens is 1. The lowest BCUT2D eigenvalue weighted by atomic mass is 10.2. The largest absolute Gasteiger partial charge is 0.311 e. The Balaban J connectivity index is 2.48. The molecule has 0 radical (unpaired) electrons. The molecule has 0 saturated carbocycles. The predicted molar refractivity (Wildman–Crippen MR) is 57.8 cm³/mol. The average molecular weight is 221 g/mol. The van der Waals surface area contributed by atoms with Gasteiger partial charge in [-0.05, 0) is 18.6 Å². The molecule has 1 saturated heterocycles. The Kier molecular flexibility index (Phi) is 2.61. The van der Waals surface area contributed by atoms with E-state index < -0.39 is 0 Å². The molecule has 2 rings (SSSR count). The van der Waals surface area contributed by atoms with E-state index in [0.29, 0.717) is 29.2 Å². The second-order valence-electron chi connectivity index (χ2n) is 3.39. The summed E-state index contributed by atoms with van der Waals surface area (Å²) in [7, 11) is 0. The number of hydrogen-bond acceptors (Lipinski definition) is 2. The maximum atomic E-state index is 11.5. The standard InChI is InChI=1S/C11H9ClN2O/c12-9-3-1-4-10(8(9)7-13)14-6-2-5-11(14)15/h1,3-4H,2,5-6H2. The van der Waals surface area contributed by atoms with Gasteiger partial charge >= 0.3 is 0 Å². The fourth-order valence-electron chi connectivity index (χ4n) is 1.75. The highest BCUT2D eigenvalue weighted by Gasteiger charge is 2.24. The summed E-state index contributed by atoms with van der Waals surface area (Å²) < 4.78 is 0. The van der Waals surface area contributed by atoms with E-state index >= 15 is 0 Å². The van der Waals surface area contributed by atoms with Crippen LogP contribution in [0.25, 0.3) is 0 Å². The zero-order chi connectivity index (χ0) is 10.8. The summed E-state index contributed by atoms with van der Waals surface area (Å²) in [6.45, 7) is 0.674. The third kappa shape index (κ3) is 1.69. The Morgan fingerprint density at radius 2 is 2.27 bits per heavy atom. The lowest BCUT2D eigenvalue weighted by molar-refractivity contribution is -0.117. The van der Waals surface area contributed by atoms with Gasteiger partial charge in [-0.1, -0.05) is 17.7 Å². The van der Waals surface area contributed by atoms with Gasteiger partial charge in [-0.2, -0.15) is 5.26 Å². The molecular weight excluding hydrogens is 212 g/mol. The van der Waals surface area contributed by atoms with Crippen LogP contribution in [0, 0.1) is 11.3 Å². The Morgan fingerprint density at radius 3 is 2.87 bits per heavy atom. The smallest absolute Gasteiger partial charge is 0.227 e. The number of rotatable bonds is 1. The molecule has 1 aromatic carbocycles. The number of carbonyl (C=O) groups is 1. The van der Waals surface area contributed by atoms with E-state index in [2.05, 4.69) is 0 Å². The van der Waals surface area contributed by atoms with E-state index in [1.165, 1.54) is 0 Å². The summed E-state index contributed by atoms with van der Waals surface area (Å²) in [4.78, 5) is 13.2. The monoisotopic (exact) mass is 220 g/mol. The number of nitrogens with zero attached hydrogens (tertiary/aromatic N) is 2. The van der Waals surface area contributed by atoms with Crippen LogP contribution in [0.1, 0.15) is 18.4 Å². The van der Waals surface area contributed by atoms with Crippen LogP contribution in [-0.4, -0.2) is 12.5 Å². The Hall–Kier alpha value is -1.53. The highest BCUT2D eigenvalue weighted by Crippen LogP contribution is 2.29. The lowest BCUT2D eigenvalue weighted by Gasteiger charge is -2.17. The van der Waals surface area contributed by atoms with Crippen molar-refractivity contribution < 1.29 is 4.79 Å². The zero-order valence-electron chi connectivity index (χ0n) is 8.03. The topological polar surface area (TPSA) is 44.1 Å². The number of anilines is 1.